The highest BCUT2D eigenvalue weighted by atomic mass is 35.5. The zero-order valence-corrected chi connectivity index (χ0v) is 14.0. The number of pyridine rings is 1. The zero-order valence-electron chi connectivity index (χ0n) is 13.2. The number of amides is 1. The van der Waals surface area contributed by atoms with E-state index >= 15 is 0 Å². The lowest BCUT2D eigenvalue weighted by molar-refractivity contribution is -0.137. The Labute approximate surface area is 145 Å². The standard InChI is InChI=1S/C18H19ClN2O3/c19-12-6-7-15-13(9-12)14(10-16(21-15)11-4-5-11)18(24)20-8-2-1-3-17(22)23/h6-7,9-11H,1-5,8H2,(H,20,24)(H,22,23). The van der Waals surface area contributed by atoms with Crippen LogP contribution in [0.4, 0.5) is 0 Å². The molecule has 1 aliphatic rings. The van der Waals surface area contributed by atoms with Crippen molar-refractivity contribution in [2.75, 3.05) is 6.54 Å². The summed E-state index contributed by atoms with van der Waals surface area (Å²) in [6.07, 6.45) is 3.53. The molecule has 0 atom stereocenters. The van der Waals surface area contributed by atoms with Crippen molar-refractivity contribution >= 4 is 34.4 Å². The third-order valence-electron chi connectivity index (χ3n) is 4.13. The molecule has 1 amide bonds. The summed E-state index contributed by atoms with van der Waals surface area (Å²) >= 11 is 6.07. The quantitative estimate of drug-likeness (QED) is 0.748. The number of carbonyl (C=O) groups is 2. The molecule has 3 rings (SSSR count). The van der Waals surface area contributed by atoms with Crippen LogP contribution in [0.15, 0.2) is 24.3 Å². The number of unbranched alkanes of at least 4 members (excludes halogenated alkanes) is 1. The van der Waals surface area contributed by atoms with Crippen molar-refractivity contribution in [1.29, 1.82) is 0 Å². The average Bonchev–Trinajstić information content (AvgIpc) is 3.38. The van der Waals surface area contributed by atoms with Crippen LogP contribution in [-0.4, -0.2) is 28.5 Å². The second-order valence-corrected chi connectivity index (χ2v) is 6.57. The van der Waals surface area contributed by atoms with E-state index in [4.69, 9.17) is 16.7 Å². The van der Waals surface area contributed by atoms with Gasteiger partial charge < -0.3 is 10.4 Å². The van der Waals surface area contributed by atoms with Crippen molar-refractivity contribution in [2.24, 2.45) is 0 Å². The minimum atomic E-state index is -0.815. The first-order valence-electron chi connectivity index (χ1n) is 8.15. The summed E-state index contributed by atoms with van der Waals surface area (Å²) in [7, 11) is 0. The zero-order chi connectivity index (χ0) is 17.1. The van der Waals surface area contributed by atoms with Crippen molar-refractivity contribution in [1.82, 2.24) is 10.3 Å². The average molecular weight is 347 g/mol. The molecule has 0 aliphatic heterocycles. The van der Waals surface area contributed by atoms with Gasteiger partial charge >= 0.3 is 5.97 Å². The third-order valence-corrected chi connectivity index (χ3v) is 4.37. The summed E-state index contributed by atoms with van der Waals surface area (Å²) in [5, 5.41) is 12.8. The maximum Gasteiger partial charge on any atom is 0.303 e. The second-order valence-electron chi connectivity index (χ2n) is 6.14. The molecule has 0 saturated heterocycles. The van der Waals surface area contributed by atoms with Crippen molar-refractivity contribution < 1.29 is 14.7 Å². The number of carboxylic acids is 1. The summed E-state index contributed by atoms with van der Waals surface area (Å²) in [5.74, 6) is -0.528. The van der Waals surface area contributed by atoms with E-state index in [1.807, 2.05) is 12.1 Å². The molecule has 0 radical (unpaired) electrons. The fourth-order valence-electron chi connectivity index (χ4n) is 2.69. The highest BCUT2D eigenvalue weighted by molar-refractivity contribution is 6.31. The van der Waals surface area contributed by atoms with E-state index in [9.17, 15) is 9.59 Å². The molecule has 0 spiro atoms. The van der Waals surface area contributed by atoms with Crippen molar-refractivity contribution in [3.05, 3.63) is 40.5 Å². The van der Waals surface area contributed by atoms with E-state index in [0.717, 1.165) is 29.4 Å². The number of hydrogen-bond acceptors (Lipinski definition) is 3. The number of halogens is 1. The van der Waals surface area contributed by atoms with E-state index in [-0.39, 0.29) is 12.3 Å². The Morgan fingerprint density at radius 2 is 2.04 bits per heavy atom. The molecule has 24 heavy (non-hydrogen) atoms. The van der Waals surface area contributed by atoms with Crippen LogP contribution in [-0.2, 0) is 4.79 Å². The van der Waals surface area contributed by atoms with Gasteiger partial charge in [0, 0.05) is 35.0 Å². The lowest BCUT2D eigenvalue weighted by atomic mass is 10.1. The minimum absolute atomic E-state index is 0.121. The van der Waals surface area contributed by atoms with Gasteiger partial charge in [-0.3, -0.25) is 14.6 Å². The highest BCUT2D eigenvalue weighted by Gasteiger charge is 2.27. The molecule has 0 unspecified atom stereocenters. The Kier molecular flexibility index (Phi) is 5.00. The van der Waals surface area contributed by atoms with Crippen LogP contribution in [0, 0.1) is 0 Å². The number of hydrogen-bond donors (Lipinski definition) is 2. The first-order valence-corrected chi connectivity index (χ1v) is 8.52. The highest BCUT2D eigenvalue weighted by Crippen LogP contribution is 2.40. The molecule has 126 valence electrons. The number of aliphatic carboxylic acids is 1. The van der Waals surface area contributed by atoms with Crippen molar-refractivity contribution in [3.8, 4) is 0 Å². The molecule has 2 N–H and O–H groups in total. The summed E-state index contributed by atoms with van der Waals surface area (Å²) in [6.45, 7) is 0.454. The Balaban J connectivity index is 1.77. The van der Waals surface area contributed by atoms with Gasteiger partial charge in [-0.05, 0) is 49.9 Å². The normalized spacial score (nSPS) is 13.9. The Bertz CT molecular complexity index is 787. The SMILES string of the molecule is O=C(O)CCCCNC(=O)c1cc(C2CC2)nc2ccc(Cl)cc12. The molecule has 0 bridgehead atoms. The Hall–Kier alpha value is -2.14. The molecule has 1 aromatic carbocycles. The molecule has 1 heterocycles. The maximum atomic E-state index is 12.6. The van der Waals surface area contributed by atoms with E-state index in [1.165, 1.54) is 0 Å². The third kappa shape index (κ3) is 4.03. The topological polar surface area (TPSA) is 79.3 Å². The van der Waals surface area contributed by atoms with Crippen LogP contribution in [0.1, 0.15) is 54.1 Å². The molecule has 1 aliphatic carbocycles. The Morgan fingerprint density at radius 3 is 2.75 bits per heavy atom. The van der Waals surface area contributed by atoms with Gasteiger partial charge in [0.05, 0.1) is 11.1 Å². The van der Waals surface area contributed by atoms with Gasteiger partial charge in [0.1, 0.15) is 0 Å². The number of rotatable bonds is 7. The largest absolute Gasteiger partial charge is 0.481 e. The Morgan fingerprint density at radius 1 is 1.25 bits per heavy atom. The van der Waals surface area contributed by atoms with Gasteiger partial charge in [0.15, 0.2) is 0 Å². The predicted octanol–water partition coefficient (Wildman–Crippen LogP) is 3.75. The molecule has 5 nitrogen and oxygen atoms in total. The fraction of sp³-hybridized carbons (Fsp3) is 0.389. The van der Waals surface area contributed by atoms with E-state index in [0.29, 0.717) is 35.9 Å². The lowest BCUT2D eigenvalue weighted by Gasteiger charge is -2.10. The minimum Gasteiger partial charge on any atom is -0.481 e. The van der Waals surface area contributed by atoms with Gasteiger partial charge in [-0.25, -0.2) is 0 Å². The monoisotopic (exact) mass is 346 g/mol. The van der Waals surface area contributed by atoms with Crippen LogP contribution in [0.2, 0.25) is 5.02 Å². The van der Waals surface area contributed by atoms with E-state index in [2.05, 4.69) is 10.3 Å². The first kappa shape index (κ1) is 16.7. The van der Waals surface area contributed by atoms with Crippen molar-refractivity contribution in [2.45, 2.75) is 38.0 Å². The van der Waals surface area contributed by atoms with Crippen LogP contribution >= 0.6 is 11.6 Å². The number of benzene rings is 1. The molecule has 1 aromatic heterocycles. The van der Waals surface area contributed by atoms with Crippen molar-refractivity contribution in [3.63, 3.8) is 0 Å². The van der Waals surface area contributed by atoms with Crippen LogP contribution < -0.4 is 5.32 Å². The number of carbonyl (C=O) groups excluding carboxylic acids is 1. The molecule has 6 heteroatoms. The van der Waals surface area contributed by atoms with Crippen LogP contribution in [0.25, 0.3) is 10.9 Å². The van der Waals surface area contributed by atoms with Gasteiger partial charge in [-0.2, -0.15) is 0 Å². The van der Waals surface area contributed by atoms with Crippen LogP contribution in [0.5, 0.6) is 0 Å². The summed E-state index contributed by atoms with van der Waals surface area (Å²) < 4.78 is 0. The number of nitrogens with zero attached hydrogens (tertiary/aromatic N) is 1. The summed E-state index contributed by atoms with van der Waals surface area (Å²) in [4.78, 5) is 27.7. The number of fused-ring (bicyclic) bond motifs is 1. The van der Waals surface area contributed by atoms with E-state index < -0.39 is 5.97 Å². The lowest BCUT2D eigenvalue weighted by Crippen LogP contribution is -2.25. The second kappa shape index (κ2) is 7.18. The van der Waals surface area contributed by atoms with Crippen LogP contribution in [0.3, 0.4) is 0 Å². The molecule has 1 fully saturated rings. The number of nitrogens with one attached hydrogen (secondary N) is 1. The predicted molar refractivity (Wildman–Crippen MR) is 92.5 cm³/mol. The van der Waals surface area contributed by atoms with Gasteiger partial charge in [-0.1, -0.05) is 11.6 Å². The number of carboxylic acid groups (broad SMARTS) is 1. The maximum absolute atomic E-state index is 12.6. The van der Waals surface area contributed by atoms with E-state index in [1.54, 1.807) is 12.1 Å². The summed E-state index contributed by atoms with van der Waals surface area (Å²) in [6, 6.07) is 7.25. The van der Waals surface area contributed by atoms with Gasteiger partial charge in [0.25, 0.3) is 5.91 Å². The molecule has 1 saturated carbocycles. The van der Waals surface area contributed by atoms with Gasteiger partial charge in [0.2, 0.25) is 0 Å². The smallest absolute Gasteiger partial charge is 0.303 e. The summed E-state index contributed by atoms with van der Waals surface area (Å²) in [5.41, 5.74) is 2.32. The molecular weight excluding hydrogens is 328 g/mol. The first-order chi connectivity index (χ1) is 11.5. The molecule has 2 aromatic rings. The number of aromatic nitrogens is 1. The fourth-order valence-corrected chi connectivity index (χ4v) is 2.87. The van der Waals surface area contributed by atoms with Gasteiger partial charge in [-0.15, -0.1) is 0 Å². The molecular formula is C18H19ClN2O3.